The van der Waals surface area contributed by atoms with E-state index in [1.54, 1.807) is 25.4 Å². The lowest BCUT2D eigenvalue weighted by atomic mass is 10.3. The van der Waals surface area contributed by atoms with Gasteiger partial charge >= 0.3 is 0 Å². The molecule has 0 amide bonds. The van der Waals surface area contributed by atoms with Crippen LogP contribution in [0, 0.1) is 0 Å². The van der Waals surface area contributed by atoms with Gasteiger partial charge < -0.3 is 10.1 Å². The summed E-state index contributed by atoms with van der Waals surface area (Å²) in [7, 11) is 1.71. The van der Waals surface area contributed by atoms with E-state index in [0.29, 0.717) is 26.6 Å². The van der Waals surface area contributed by atoms with Gasteiger partial charge in [0.2, 0.25) is 0 Å². The van der Waals surface area contributed by atoms with Crippen molar-refractivity contribution in [2.75, 3.05) is 12.4 Å². The number of ether oxygens (including phenoxy) is 1. The van der Waals surface area contributed by atoms with E-state index in [0.717, 1.165) is 0 Å². The maximum Gasteiger partial charge on any atom is 0.263 e. The van der Waals surface area contributed by atoms with Crippen LogP contribution in [0.15, 0.2) is 24.5 Å². The summed E-state index contributed by atoms with van der Waals surface area (Å²) in [4.78, 5) is 8.11. The number of halogens is 3. The van der Waals surface area contributed by atoms with Crippen molar-refractivity contribution >= 4 is 40.6 Å². The van der Waals surface area contributed by atoms with Gasteiger partial charge in [-0.05, 0) is 12.1 Å². The Morgan fingerprint density at radius 2 is 1.67 bits per heavy atom. The van der Waals surface area contributed by atoms with Crippen LogP contribution in [0.1, 0.15) is 0 Å². The zero-order valence-corrected chi connectivity index (χ0v) is 11.5. The minimum atomic E-state index is 0.283. The van der Waals surface area contributed by atoms with Crippen LogP contribution < -0.4 is 10.1 Å². The molecule has 0 atom stereocenters. The summed E-state index contributed by atoms with van der Waals surface area (Å²) < 4.78 is 5.56. The Kier molecular flexibility index (Phi) is 4.11. The van der Waals surface area contributed by atoms with Crippen molar-refractivity contribution < 1.29 is 4.74 Å². The quantitative estimate of drug-likeness (QED) is 0.920. The molecule has 2 aromatic rings. The molecule has 4 nitrogen and oxygen atoms in total. The largest absolute Gasteiger partial charge is 0.433 e. The third-order valence-electron chi connectivity index (χ3n) is 2.06. The van der Waals surface area contributed by atoms with Crippen molar-refractivity contribution in [2.45, 2.75) is 0 Å². The Morgan fingerprint density at radius 3 is 2.28 bits per heavy atom. The molecule has 1 aromatic heterocycles. The summed E-state index contributed by atoms with van der Waals surface area (Å²) in [6.45, 7) is 0. The molecule has 1 aromatic carbocycles. The van der Waals surface area contributed by atoms with Gasteiger partial charge in [0.15, 0.2) is 11.6 Å². The Hall–Kier alpha value is -1.23. The third kappa shape index (κ3) is 2.77. The summed E-state index contributed by atoms with van der Waals surface area (Å²) in [6, 6.07) is 3.08. The summed E-state index contributed by atoms with van der Waals surface area (Å²) in [5.41, 5.74) is 0. The van der Waals surface area contributed by atoms with Crippen molar-refractivity contribution in [2.24, 2.45) is 0 Å². The number of anilines is 1. The molecular formula is C11H8Cl3N3O. The summed E-state index contributed by atoms with van der Waals surface area (Å²) >= 11 is 17.9. The van der Waals surface area contributed by atoms with Crippen molar-refractivity contribution in [1.82, 2.24) is 9.97 Å². The van der Waals surface area contributed by atoms with Crippen molar-refractivity contribution in [3.8, 4) is 11.6 Å². The SMILES string of the molecule is CNc1nccnc1Oc1c(Cl)cc(Cl)cc1Cl. The van der Waals surface area contributed by atoms with Gasteiger partial charge in [-0.25, -0.2) is 9.97 Å². The van der Waals surface area contributed by atoms with E-state index in [9.17, 15) is 0 Å². The molecule has 94 valence electrons. The van der Waals surface area contributed by atoms with Gasteiger partial charge in [0.25, 0.3) is 5.88 Å². The van der Waals surface area contributed by atoms with E-state index in [-0.39, 0.29) is 5.88 Å². The van der Waals surface area contributed by atoms with E-state index in [4.69, 9.17) is 39.5 Å². The average Bonchev–Trinajstić information content (AvgIpc) is 2.34. The van der Waals surface area contributed by atoms with Crippen molar-refractivity contribution in [3.63, 3.8) is 0 Å². The molecule has 0 aliphatic rings. The number of rotatable bonds is 3. The average molecular weight is 305 g/mol. The molecule has 7 heteroatoms. The molecule has 1 N–H and O–H groups in total. The maximum atomic E-state index is 6.02. The first-order valence-electron chi connectivity index (χ1n) is 4.93. The first-order chi connectivity index (χ1) is 8.61. The fourth-order valence-electron chi connectivity index (χ4n) is 1.29. The Bertz CT molecular complexity index is 554. The molecule has 0 radical (unpaired) electrons. The molecule has 18 heavy (non-hydrogen) atoms. The molecule has 0 aliphatic heterocycles. The predicted molar refractivity (Wildman–Crippen MR) is 73.1 cm³/mol. The van der Waals surface area contributed by atoms with E-state index < -0.39 is 0 Å². The lowest BCUT2D eigenvalue weighted by molar-refractivity contribution is 0.463. The highest BCUT2D eigenvalue weighted by molar-refractivity contribution is 6.40. The van der Waals surface area contributed by atoms with Gasteiger partial charge in [0.05, 0.1) is 10.0 Å². The number of hydrogen-bond acceptors (Lipinski definition) is 4. The smallest absolute Gasteiger partial charge is 0.263 e. The first-order valence-corrected chi connectivity index (χ1v) is 6.06. The second kappa shape index (κ2) is 5.61. The molecule has 0 fully saturated rings. The molecule has 0 saturated heterocycles. The van der Waals surface area contributed by atoms with Gasteiger partial charge in [-0.1, -0.05) is 34.8 Å². The number of aromatic nitrogens is 2. The minimum Gasteiger partial charge on any atom is -0.433 e. The zero-order valence-electron chi connectivity index (χ0n) is 9.25. The molecular weight excluding hydrogens is 296 g/mol. The number of hydrogen-bond donors (Lipinski definition) is 1. The number of benzene rings is 1. The lowest BCUT2D eigenvalue weighted by Crippen LogP contribution is -1.98. The third-order valence-corrected chi connectivity index (χ3v) is 2.84. The molecule has 0 bridgehead atoms. The number of nitrogens with zero attached hydrogens (tertiary/aromatic N) is 2. The topological polar surface area (TPSA) is 47.0 Å². The van der Waals surface area contributed by atoms with Crippen molar-refractivity contribution in [1.29, 1.82) is 0 Å². The molecule has 2 rings (SSSR count). The van der Waals surface area contributed by atoms with E-state index in [1.807, 2.05) is 0 Å². The van der Waals surface area contributed by atoms with E-state index >= 15 is 0 Å². The molecule has 0 spiro atoms. The van der Waals surface area contributed by atoms with Gasteiger partial charge in [-0.15, -0.1) is 0 Å². The fraction of sp³-hybridized carbons (Fsp3) is 0.0909. The maximum absolute atomic E-state index is 6.02. The van der Waals surface area contributed by atoms with Gasteiger partial charge in [0, 0.05) is 24.5 Å². The summed E-state index contributed by atoms with van der Waals surface area (Å²) in [6.07, 6.45) is 3.05. The number of nitrogens with one attached hydrogen (secondary N) is 1. The van der Waals surface area contributed by atoms with E-state index in [1.165, 1.54) is 6.20 Å². The molecule has 0 unspecified atom stereocenters. The Morgan fingerprint density at radius 1 is 1.06 bits per heavy atom. The van der Waals surface area contributed by atoms with Crippen molar-refractivity contribution in [3.05, 3.63) is 39.6 Å². The van der Waals surface area contributed by atoms with Crippen LogP contribution >= 0.6 is 34.8 Å². The Balaban J connectivity index is 2.40. The monoisotopic (exact) mass is 303 g/mol. The zero-order chi connectivity index (χ0) is 13.1. The van der Waals surface area contributed by atoms with Crippen LogP contribution in [0.5, 0.6) is 11.6 Å². The highest BCUT2D eigenvalue weighted by atomic mass is 35.5. The van der Waals surface area contributed by atoms with E-state index in [2.05, 4.69) is 15.3 Å². The van der Waals surface area contributed by atoms with Crippen LogP contribution in [0.4, 0.5) is 5.82 Å². The molecule has 1 heterocycles. The van der Waals surface area contributed by atoms with Crippen LogP contribution in [-0.2, 0) is 0 Å². The van der Waals surface area contributed by atoms with Crippen LogP contribution in [-0.4, -0.2) is 17.0 Å². The second-order valence-corrected chi connectivity index (χ2v) is 4.51. The summed E-state index contributed by atoms with van der Waals surface area (Å²) in [5, 5.41) is 3.90. The van der Waals surface area contributed by atoms with Crippen LogP contribution in [0.2, 0.25) is 15.1 Å². The highest BCUT2D eigenvalue weighted by Crippen LogP contribution is 2.39. The second-order valence-electron chi connectivity index (χ2n) is 3.26. The lowest BCUT2D eigenvalue weighted by Gasteiger charge is -2.11. The Labute approximate surface area is 119 Å². The molecule has 0 saturated carbocycles. The molecule has 0 aliphatic carbocycles. The van der Waals surface area contributed by atoms with Crippen LogP contribution in [0.25, 0.3) is 0 Å². The normalized spacial score (nSPS) is 10.2. The van der Waals surface area contributed by atoms with Gasteiger partial charge in [0.1, 0.15) is 0 Å². The highest BCUT2D eigenvalue weighted by Gasteiger charge is 2.13. The van der Waals surface area contributed by atoms with Gasteiger partial charge in [-0.3, -0.25) is 0 Å². The summed E-state index contributed by atoms with van der Waals surface area (Å²) in [5.74, 6) is 1.06. The first kappa shape index (κ1) is 13.2. The van der Waals surface area contributed by atoms with Gasteiger partial charge in [-0.2, -0.15) is 0 Å². The van der Waals surface area contributed by atoms with Crippen LogP contribution in [0.3, 0.4) is 0 Å². The fourth-order valence-corrected chi connectivity index (χ4v) is 2.19. The standard InChI is InChI=1S/C11H8Cl3N3O/c1-15-10-11(17-3-2-16-10)18-9-7(13)4-6(12)5-8(9)14/h2-5H,1H3,(H,15,16). The minimum absolute atomic E-state index is 0.283. The predicted octanol–water partition coefficient (Wildman–Crippen LogP) is 4.27.